The van der Waals surface area contributed by atoms with Crippen LogP contribution in [0.3, 0.4) is 0 Å². The zero-order valence-corrected chi connectivity index (χ0v) is 24.6. The number of nitrogens with zero attached hydrogens (tertiary/aromatic N) is 3. The van der Waals surface area contributed by atoms with Gasteiger partial charge in [-0.1, -0.05) is 52.7 Å². The first-order valence-electron chi connectivity index (χ1n) is 15.0. The van der Waals surface area contributed by atoms with Gasteiger partial charge >= 0.3 is 0 Å². The molecule has 0 atom stereocenters. The first-order valence-corrected chi connectivity index (χ1v) is 15.0. The predicted molar refractivity (Wildman–Crippen MR) is 160 cm³/mol. The van der Waals surface area contributed by atoms with Crippen molar-refractivity contribution in [3.05, 3.63) is 40.7 Å². The third kappa shape index (κ3) is 10.5. The molecule has 0 radical (unpaired) electrons. The molecule has 1 aromatic rings. The summed E-state index contributed by atoms with van der Waals surface area (Å²) in [6.45, 7) is 16.9. The fourth-order valence-electron chi connectivity index (χ4n) is 5.96. The van der Waals surface area contributed by atoms with E-state index >= 15 is 0 Å². The van der Waals surface area contributed by atoms with E-state index in [2.05, 4.69) is 67.7 Å². The number of piperidine rings is 2. The Balaban J connectivity index is 0.000000898. The Kier molecular flexibility index (Phi) is 15.1. The van der Waals surface area contributed by atoms with E-state index in [1.54, 1.807) is 0 Å². The van der Waals surface area contributed by atoms with Gasteiger partial charge in [-0.2, -0.15) is 0 Å². The van der Waals surface area contributed by atoms with E-state index in [1.807, 2.05) is 6.20 Å². The van der Waals surface area contributed by atoms with Gasteiger partial charge in [0.2, 0.25) is 0 Å². The Hall–Kier alpha value is -1.69. The number of nitrogens with one attached hydrogen (secondary N) is 1. The Morgan fingerprint density at radius 3 is 2.24 bits per heavy atom. The van der Waals surface area contributed by atoms with E-state index in [1.165, 1.54) is 93.6 Å². The summed E-state index contributed by atoms with van der Waals surface area (Å²) in [5.74, 6) is 1.51. The van der Waals surface area contributed by atoms with Crippen LogP contribution in [-0.2, 0) is 0 Å². The van der Waals surface area contributed by atoms with Crippen molar-refractivity contribution in [3.8, 4) is 0 Å². The van der Waals surface area contributed by atoms with Crippen molar-refractivity contribution in [3.63, 3.8) is 0 Å². The summed E-state index contributed by atoms with van der Waals surface area (Å²) >= 11 is 0. The highest BCUT2D eigenvalue weighted by molar-refractivity contribution is 5.47. The zero-order chi connectivity index (χ0) is 27.0. The highest BCUT2D eigenvalue weighted by Gasteiger charge is 2.25. The quantitative estimate of drug-likeness (QED) is 0.557. The molecule has 37 heavy (non-hydrogen) atoms. The second-order valence-corrected chi connectivity index (χ2v) is 11.1. The van der Waals surface area contributed by atoms with Crippen LogP contribution in [0.1, 0.15) is 96.6 Å². The lowest BCUT2D eigenvalue weighted by molar-refractivity contribution is 0.182. The maximum Gasteiger partial charge on any atom is 0.0514 e. The highest BCUT2D eigenvalue weighted by Crippen LogP contribution is 2.29. The van der Waals surface area contributed by atoms with Gasteiger partial charge in [-0.05, 0) is 101 Å². The zero-order valence-electron chi connectivity index (χ0n) is 24.6. The van der Waals surface area contributed by atoms with Crippen LogP contribution in [0.4, 0.5) is 0 Å². The molecule has 210 valence electrons. The average Bonchev–Trinajstić information content (AvgIpc) is 3.42. The van der Waals surface area contributed by atoms with E-state index < -0.39 is 0 Å². The van der Waals surface area contributed by atoms with E-state index in [0.29, 0.717) is 12.0 Å². The number of aliphatic hydroxyl groups is 1. The molecule has 0 aromatic carbocycles. The number of hydrogen-bond acceptors (Lipinski definition) is 5. The van der Waals surface area contributed by atoms with Gasteiger partial charge in [0, 0.05) is 42.7 Å². The number of aromatic nitrogens is 1. The summed E-state index contributed by atoms with van der Waals surface area (Å²) in [4.78, 5) is 10.1. The molecule has 0 amide bonds. The van der Waals surface area contributed by atoms with Crippen LogP contribution in [0.15, 0.2) is 24.5 Å². The smallest absolute Gasteiger partial charge is 0.0514 e. The Morgan fingerprint density at radius 1 is 1.03 bits per heavy atom. The van der Waals surface area contributed by atoms with Crippen molar-refractivity contribution < 1.29 is 5.11 Å². The SMILES string of the molecule is C=C(/C=c1/c(C2CCN(CC3CCCC3)CC2)ncc/c1=C/CC)NC1CCN(C)CC1.CCC.CO. The minimum atomic E-state index is 0.535. The van der Waals surface area contributed by atoms with Crippen molar-refractivity contribution in [2.24, 2.45) is 5.92 Å². The van der Waals surface area contributed by atoms with Crippen molar-refractivity contribution >= 4 is 12.2 Å². The lowest BCUT2D eigenvalue weighted by atomic mass is 9.90. The van der Waals surface area contributed by atoms with E-state index in [0.717, 1.165) is 38.2 Å². The van der Waals surface area contributed by atoms with Gasteiger partial charge in [0.25, 0.3) is 0 Å². The number of allylic oxidation sites excluding steroid dienone is 1. The van der Waals surface area contributed by atoms with Crippen molar-refractivity contribution in [2.75, 3.05) is 46.9 Å². The molecule has 3 fully saturated rings. The molecule has 5 nitrogen and oxygen atoms in total. The Labute approximate surface area is 227 Å². The second-order valence-electron chi connectivity index (χ2n) is 11.1. The largest absolute Gasteiger partial charge is 0.400 e. The van der Waals surface area contributed by atoms with Crippen LogP contribution in [-0.4, -0.2) is 72.8 Å². The van der Waals surface area contributed by atoms with Gasteiger partial charge in [-0.3, -0.25) is 4.98 Å². The summed E-state index contributed by atoms with van der Waals surface area (Å²) < 4.78 is 0. The molecule has 2 saturated heterocycles. The molecule has 1 saturated carbocycles. The average molecular weight is 513 g/mol. The van der Waals surface area contributed by atoms with Gasteiger partial charge < -0.3 is 20.2 Å². The number of rotatable bonds is 7. The van der Waals surface area contributed by atoms with Gasteiger partial charge in [-0.15, -0.1) is 0 Å². The minimum Gasteiger partial charge on any atom is -0.400 e. The van der Waals surface area contributed by atoms with Gasteiger partial charge in [-0.25, -0.2) is 0 Å². The third-order valence-corrected chi connectivity index (χ3v) is 7.87. The van der Waals surface area contributed by atoms with Gasteiger partial charge in [0.1, 0.15) is 0 Å². The fraction of sp³-hybridized carbons (Fsp3) is 0.719. The Morgan fingerprint density at radius 2 is 1.65 bits per heavy atom. The minimum absolute atomic E-state index is 0.535. The van der Waals surface area contributed by atoms with Crippen LogP contribution in [0.5, 0.6) is 0 Å². The molecule has 2 N–H and O–H groups in total. The van der Waals surface area contributed by atoms with Crippen molar-refractivity contribution in [2.45, 2.75) is 96.9 Å². The number of hydrogen-bond donors (Lipinski definition) is 2. The molecule has 2 aliphatic heterocycles. The molecule has 3 heterocycles. The maximum atomic E-state index is 7.00. The summed E-state index contributed by atoms with van der Waals surface area (Å²) in [5.41, 5.74) is 2.33. The third-order valence-electron chi connectivity index (χ3n) is 7.87. The molecule has 3 aliphatic rings. The molecule has 0 spiro atoms. The highest BCUT2D eigenvalue weighted by atomic mass is 16.2. The normalized spacial score (nSPS) is 21.2. The van der Waals surface area contributed by atoms with E-state index in [4.69, 9.17) is 10.1 Å². The summed E-state index contributed by atoms with van der Waals surface area (Å²) in [6, 6.07) is 2.71. The molecule has 1 aromatic heterocycles. The van der Waals surface area contributed by atoms with E-state index in [9.17, 15) is 0 Å². The molecule has 0 bridgehead atoms. The fourth-order valence-corrected chi connectivity index (χ4v) is 5.96. The summed E-state index contributed by atoms with van der Waals surface area (Å²) in [5, 5.41) is 13.3. The van der Waals surface area contributed by atoms with Crippen molar-refractivity contribution in [1.82, 2.24) is 20.1 Å². The number of pyridine rings is 1. The molecule has 4 rings (SSSR count). The van der Waals surface area contributed by atoms with Gasteiger partial charge in [0.15, 0.2) is 0 Å². The number of likely N-dealkylation sites (tertiary alicyclic amines) is 2. The second kappa shape index (κ2) is 17.8. The first kappa shape index (κ1) is 31.5. The predicted octanol–water partition coefficient (Wildman–Crippen LogP) is 4.64. The molecular formula is C32H56N4O. The summed E-state index contributed by atoms with van der Waals surface area (Å²) in [6.07, 6.45) is 19.6. The molecule has 5 heteroatoms. The summed E-state index contributed by atoms with van der Waals surface area (Å²) in [7, 11) is 3.21. The lowest BCUT2D eigenvalue weighted by Crippen LogP contribution is -2.41. The van der Waals surface area contributed by atoms with Crippen molar-refractivity contribution in [1.29, 1.82) is 0 Å². The van der Waals surface area contributed by atoms with Crippen LogP contribution >= 0.6 is 0 Å². The maximum absolute atomic E-state index is 7.00. The van der Waals surface area contributed by atoms with Crippen LogP contribution < -0.4 is 15.8 Å². The molecular weight excluding hydrogens is 456 g/mol. The molecule has 0 unspecified atom stereocenters. The van der Waals surface area contributed by atoms with Crippen LogP contribution in [0.2, 0.25) is 0 Å². The number of aliphatic hydroxyl groups excluding tert-OH is 1. The lowest BCUT2D eigenvalue weighted by Gasteiger charge is -2.33. The monoisotopic (exact) mass is 512 g/mol. The molecule has 1 aliphatic carbocycles. The Bertz CT molecular complexity index is 877. The standard InChI is InChI=1S/C28H44N4.C3H8.CH4O/c1-4-7-24-10-15-29-28(25-11-18-32(19-12-25)21-23-8-5-6-9-23)27(24)20-22(2)30-26-13-16-31(3)17-14-26;1-3-2;1-2/h7,10,15,20,23,25-26,30H,2,4-6,8-9,11-14,16-19,21H2,1,3H3;3H2,1-2H3;2H,1H3/b24-7-,27-20+;;. The van der Waals surface area contributed by atoms with Gasteiger partial charge in [0.05, 0.1) is 5.69 Å². The first-order chi connectivity index (χ1) is 18.0. The van der Waals surface area contributed by atoms with Crippen LogP contribution in [0.25, 0.3) is 12.2 Å². The van der Waals surface area contributed by atoms with Crippen LogP contribution in [0, 0.1) is 5.92 Å². The topological polar surface area (TPSA) is 51.6 Å². The van der Waals surface area contributed by atoms with E-state index in [-0.39, 0.29) is 0 Å².